The molecule has 0 unspecified atom stereocenters. The Balaban J connectivity index is 2.41. The minimum atomic E-state index is -1.00. The lowest BCUT2D eigenvalue weighted by Gasteiger charge is -2.20. The van der Waals surface area contributed by atoms with Gasteiger partial charge in [0.1, 0.15) is 12.3 Å². The zero-order valence-corrected chi connectivity index (χ0v) is 13.5. The Kier molecular flexibility index (Phi) is 5.13. The maximum absolute atomic E-state index is 5.65. The van der Waals surface area contributed by atoms with Gasteiger partial charge in [-0.05, 0) is 26.0 Å². The van der Waals surface area contributed by atoms with Gasteiger partial charge in [0.05, 0.1) is 5.69 Å². The number of ether oxygens (including phenoxy) is 2. The van der Waals surface area contributed by atoms with Gasteiger partial charge >= 0.3 is 0 Å². The van der Waals surface area contributed by atoms with Crippen LogP contribution < -0.4 is 0 Å². The van der Waals surface area contributed by atoms with Crippen molar-refractivity contribution >= 4 is 8.07 Å². The molecular weight excluding hydrogens is 244 g/mol. The van der Waals surface area contributed by atoms with Crippen LogP contribution in [0.3, 0.4) is 0 Å². The first-order valence-corrected chi connectivity index (χ1v) is 10.1. The van der Waals surface area contributed by atoms with Gasteiger partial charge in [0.25, 0.3) is 0 Å². The summed E-state index contributed by atoms with van der Waals surface area (Å²) >= 11 is 0. The number of hydrogen-bond acceptors (Lipinski definition) is 3. The molecule has 0 radical (unpaired) electrons. The van der Waals surface area contributed by atoms with Crippen LogP contribution in [0.5, 0.6) is 0 Å². The molecule has 5 heteroatoms. The van der Waals surface area contributed by atoms with Crippen molar-refractivity contribution in [2.45, 2.75) is 51.9 Å². The molecule has 4 nitrogen and oxygen atoms in total. The predicted molar refractivity (Wildman–Crippen MR) is 76.4 cm³/mol. The molecule has 0 spiro atoms. The summed E-state index contributed by atoms with van der Waals surface area (Å²) in [5.41, 5.74) is 0.586. The lowest BCUT2D eigenvalue weighted by Crippen LogP contribution is -2.22. The fourth-order valence-electron chi connectivity index (χ4n) is 1.40. The molecule has 0 aliphatic heterocycles. The van der Waals surface area contributed by atoms with Crippen LogP contribution in [0.15, 0.2) is 12.3 Å². The molecule has 1 aromatic rings. The van der Waals surface area contributed by atoms with E-state index in [-0.39, 0.29) is 5.60 Å². The molecule has 0 aliphatic carbocycles. The summed E-state index contributed by atoms with van der Waals surface area (Å²) in [6.07, 6.45) is 1.94. The highest BCUT2D eigenvalue weighted by Crippen LogP contribution is 2.21. The molecule has 18 heavy (non-hydrogen) atoms. The molecule has 1 heterocycles. The third-order valence-corrected chi connectivity index (χ3v) is 4.69. The van der Waals surface area contributed by atoms with E-state index in [9.17, 15) is 0 Å². The van der Waals surface area contributed by atoms with E-state index in [0.717, 1.165) is 12.3 Å². The summed E-state index contributed by atoms with van der Waals surface area (Å²) in [4.78, 5) is 0. The highest BCUT2D eigenvalue weighted by Gasteiger charge is 2.22. The van der Waals surface area contributed by atoms with Crippen LogP contribution in [0.25, 0.3) is 0 Å². The van der Waals surface area contributed by atoms with Crippen molar-refractivity contribution in [1.82, 2.24) is 9.78 Å². The Bertz CT molecular complexity index is 369. The number of aromatic nitrogens is 2. The summed E-state index contributed by atoms with van der Waals surface area (Å²) in [6, 6.07) is 3.16. The van der Waals surface area contributed by atoms with Crippen LogP contribution in [0.2, 0.25) is 25.7 Å². The number of rotatable bonds is 7. The van der Waals surface area contributed by atoms with E-state index in [1.54, 1.807) is 7.11 Å². The third kappa shape index (κ3) is 4.92. The van der Waals surface area contributed by atoms with Crippen molar-refractivity contribution in [1.29, 1.82) is 0 Å². The van der Waals surface area contributed by atoms with Crippen molar-refractivity contribution in [3.05, 3.63) is 18.0 Å². The number of nitrogens with zero attached hydrogens (tertiary/aromatic N) is 2. The Morgan fingerprint density at radius 1 is 1.33 bits per heavy atom. The number of hydrogen-bond donors (Lipinski definition) is 0. The molecule has 0 saturated heterocycles. The molecule has 0 aromatic carbocycles. The standard InChI is InChI=1S/C13H26N2O2Si/c1-13(2,16-3)12-7-8-15(14-12)11-17-9-10-18(4,5)6/h7-8H,9-11H2,1-6H3. The minimum absolute atomic E-state index is 0.344. The van der Waals surface area contributed by atoms with Gasteiger partial charge in [-0.15, -0.1) is 0 Å². The van der Waals surface area contributed by atoms with Gasteiger partial charge < -0.3 is 9.47 Å². The van der Waals surface area contributed by atoms with E-state index < -0.39 is 8.07 Å². The summed E-state index contributed by atoms with van der Waals surface area (Å²) in [5.74, 6) is 0. The fraction of sp³-hybridized carbons (Fsp3) is 0.769. The summed E-state index contributed by atoms with van der Waals surface area (Å²) in [7, 11) is 0.697. The zero-order valence-electron chi connectivity index (χ0n) is 12.5. The van der Waals surface area contributed by atoms with Gasteiger partial charge in [-0.2, -0.15) is 5.10 Å². The van der Waals surface area contributed by atoms with Crippen LogP contribution in [0.4, 0.5) is 0 Å². The summed E-state index contributed by atoms with van der Waals surface area (Å²) in [5, 5.41) is 4.46. The molecule has 0 amide bonds. The average molecular weight is 270 g/mol. The van der Waals surface area contributed by atoms with Gasteiger partial charge in [0.15, 0.2) is 0 Å². The lowest BCUT2D eigenvalue weighted by atomic mass is 10.1. The van der Waals surface area contributed by atoms with E-state index >= 15 is 0 Å². The van der Waals surface area contributed by atoms with E-state index in [4.69, 9.17) is 9.47 Å². The van der Waals surface area contributed by atoms with E-state index in [2.05, 4.69) is 24.7 Å². The van der Waals surface area contributed by atoms with Crippen LogP contribution in [-0.4, -0.2) is 31.6 Å². The van der Waals surface area contributed by atoms with Gasteiger partial charge in [-0.1, -0.05) is 19.6 Å². The summed E-state index contributed by atoms with van der Waals surface area (Å²) in [6.45, 7) is 12.4. The smallest absolute Gasteiger partial charge is 0.139 e. The molecular formula is C13H26N2O2Si. The van der Waals surface area contributed by atoms with E-state index in [1.807, 2.05) is 30.8 Å². The predicted octanol–water partition coefficient (Wildman–Crippen LogP) is 3.08. The van der Waals surface area contributed by atoms with Crippen molar-refractivity contribution in [3.63, 3.8) is 0 Å². The molecule has 1 rings (SSSR count). The van der Waals surface area contributed by atoms with Crippen molar-refractivity contribution < 1.29 is 9.47 Å². The molecule has 0 bridgehead atoms. The molecule has 0 atom stereocenters. The Morgan fingerprint density at radius 3 is 2.56 bits per heavy atom. The van der Waals surface area contributed by atoms with Crippen LogP contribution >= 0.6 is 0 Å². The second kappa shape index (κ2) is 5.99. The summed E-state index contributed by atoms with van der Waals surface area (Å²) < 4.78 is 12.9. The topological polar surface area (TPSA) is 36.3 Å². The second-order valence-electron chi connectivity index (χ2n) is 6.30. The van der Waals surface area contributed by atoms with Crippen LogP contribution in [-0.2, 0) is 21.8 Å². The maximum Gasteiger partial charge on any atom is 0.139 e. The van der Waals surface area contributed by atoms with Crippen molar-refractivity contribution in [2.24, 2.45) is 0 Å². The maximum atomic E-state index is 5.65. The normalized spacial score (nSPS) is 13.0. The van der Waals surface area contributed by atoms with Crippen molar-refractivity contribution in [2.75, 3.05) is 13.7 Å². The van der Waals surface area contributed by atoms with Gasteiger partial charge in [0.2, 0.25) is 0 Å². The molecule has 104 valence electrons. The van der Waals surface area contributed by atoms with Crippen LogP contribution in [0, 0.1) is 0 Å². The van der Waals surface area contributed by atoms with Crippen LogP contribution in [0.1, 0.15) is 19.5 Å². The second-order valence-corrected chi connectivity index (χ2v) is 11.9. The quantitative estimate of drug-likeness (QED) is 0.564. The monoisotopic (exact) mass is 270 g/mol. The molecule has 0 aliphatic rings. The highest BCUT2D eigenvalue weighted by molar-refractivity contribution is 6.76. The minimum Gasteiger partial charge on any atom is -0.372 e. The lowest BCUT2D eigenvalue weighted by molar-refractivity contribution is 0.0133. The fourth-order valence-corrected chi connectivity index (χ4v) is 2.15. The largest absolute Gasteiger partial charge is 0.372 e. The first-order chi connectivity index (χ1) is 8.24. The first kappa shape index (κ1) is 15.4. The molecule has 1 aromatic heterocycles. The van der Waals surface area contributed by atoms with Gasteiger partial charge in [0, 0.05) is 28.0 Å². The van der Waals surface area contributed by atoms with Gasteiger partial charge in [-0.3, -0.25) is 0 Å². The Hall–Kier alpha value is -0.653. The molecule has 0 saturated carbocycles. The van der Waals surface area contributed by atoms with E-state index in [1.165, 1.54) is 6.04 Å². The Morgan fingerprint density at radius 2 is 2.00 bits per heavy atom. The SMILES string of the molecule is COC(C)(C)c1ccn(COCC[Si](C)(C)C)n1. The third-order valence-electron chi connectivity index (χ3n) is 2.99. The van der Waals surface area contributed by atoms with E-state index in [0.29, 0.717) is 6.73 Å². The average Bonchev–Trinajstić information content (AvgIpc) is 2.72. The zero-order chi connectivity index (χ0) is 13.8. The number of methoxy groups -OCH3 is 1. The highest BCUT2D eigenvalue weighted by atomic mass is 28.3. The Labute approximate surface area is 111 Å². The first-order valence-electron chi connectivity index (χ1n) is 6.41. The van der Waals surface area contributed by atoms with Gasteiger partial charge in [-0.25, -0.2) is 4.68 Å². The molecule has 0 N–H and O–H groups in total. The van der Waals surface area contributed by atoms with Crippen molar-refractivity contribution in [3.8, 4) is 0 Å². The molecule has 0 fully saturated rings.